The van der Waals surface area contributed by atoms with Crippen molar-refractivity contribution in [3.63, 3.8) is 0 Å². The van der Waals surface area contributed by atoms with Crippen molar-refractivity contribution in [1.29, 1.82) is 5.41 Å². The molecule has 0 radical (unpaired) electrons. The topological polar surface area (TPSA) is 61.9 Å². The number of benzene rings is 1. The van der Waals surface area contributed by atoms with Crippen LogP contribution in [0.1, 0.15) is 13.3 Å². The SMILES string of the molecule is CCC(N)/C(C=N)=C/Nc1ccccc1. The van der Waals surface area contributed by atoms with Gasteiger partial charge < -0.3 is 16.5 Å². The molecule has 0 fully saturated rings. The summed E-state index contributed by atoms with van der Waals surface area (Å²) in [6.45, 7) is 2.00. The lowest BCUT2D eigenvalue weighted by Gasteiger charge is -2.09. The predicted molar refractivity (Wildman–Crippen MR) is 65.2 cm³/mol. The first-order valence-corrected chi connectivity index (χ1v) is 5.05. The highest BCUT2D eigenvalue weighted by Gasteiger charge is 2.02. The number of hydrogen-bond acceptors (Lipinski definition) is 3. The molecular formula is C12H17N3. The fraction of sp³-hybridized carbons (Fsp3) is 0.250. The molecule has 0 bridgehead atoms. The average molecular weight is 203 g/mol. The molecule has 3 heteroatoms. The molecule has 1 aromatic carbocycles. The van der Waals surface area contributed by atoms with E-state index in [1.54, 1.807) is 6.20 Å². The Morgan fingerprint density at radius 1 is 1.47 bits per heavy atom. The van der Waals surface area contributed by atoms with Crippen LogP contribution in [-0.4, -0.2) is 12.3 Å². The summed E-state index contributed by atoms with van der Waals surface area (Å²) in [4.78, 5) is 0. The van der Waals surface area contributed by atoms with Gasteiger partial charge >= 0.3 is 0 Å². The molecule has 0 aliphatic heterocycles. The molecule has 0 spiro atoms. The lowest BCUT2D eigenvalue weighted by molar-refractivity contribution is 0.764. The number of hydrogen-bond donors (Lipinski definition) is 3. The van der Waals surface area contributed by atoms with E-state index >= 15 is 0 Å². The fourth-order valence-electron chi connectivity index (χ4n) is 1.19. The molecule has 15 heavy (non-hydrogen) atoms. The Kier molecular flexibility index (Phi) is 4.57. The van der Waals surface area contributed by atoms with Crippen LogP contribution in [0, 0.1) is 5.41 Å². The lowest BCUT2D eigenvalue weighted by Crippen LogP contribution is -2.22. The summed E-state index contributed by atoms with van der Waals surface area (Å²) >= 11 is 0. The zero-order valence-electron chi connectivity index (χ0n) is 8.90. The van der Waals surface area contributed by atoms with Gasteiger partial charge in [-0.25, -0.2) is 0 Å². The fourth-order valence-corrected chi connectivity index (χ4v) is 1.19. The van der Waals surface area contributed by atoms with Gasteiger partial charge in [0, 0.05) is 29.7 Å². The quantitative estimate of drug-likeness (QED) is 0.643. The number of anilines is 1. The van der Waals surface area contributed by atoms with Crippen molar-refractivity contribution < 1.29 is 0 Å². The maximum absolute atomic E-state index is 7.25. The van der Waals surface area contributed by atoms with Crippen molar-refractivity contribution in [1.82, 2.24) is 0 Å². The Morgan fingerprint density at radius 3 is 2.67 bits per heavy atom. The summed E-state index contributed by atoms with van der Waals surface area (Å²) < 4.78 is 0. The Balaban J connectivity index is 2.66. The van der Waals surface area contributed by atoms with Gasteiger partial charge in [-0.05, 0) is 18.6 Å². The molecule has 0 saturated heterocycles. The van der Waals surface area contributed by atoms with Gasteiger partial charge in [-0.3, -0.25) is 0 Å². The maximum atomic E-state index is 7.25. The maximum Gasteiger partial charge on any atom is 0.0379 e. The third-order valence-corrected chi connectivity index (χ3v) is 2.21. The molecular weight excluding hydrogens is 186 g/mol. The minimum Gasteiger partial charge on any atom is -0.361 e. The first-order valence-electron chi connectivity index (χ1n) is 5.05. The number of rotatable bonds is 5. The minimum atomic E-state index is -0.0706. The third-order valence-electron chi connectivity index (χ3n) is 2.21. The van der Waals surface area contributed by atoms with E-state index in [2.05, 4.69) is 5.32 Å². The van der Waals surface area contributed by atoms with Crippen LogP contribution in [0.5, 0.6) is 0 Å². The number of nitrogens with two attached hydrogens (primary N) is 1. The Labute approximate surface area is 90.5 Å². The molecule has 80 valence electrons. The molecule has 1 rings (SSSR count). The Bertz CT molecular complexity index is 330. The van der Waals surface area contributed by atoms with E-state index < -0.39 is 0 Å². The van der Waals surface area contributed by atoms with Crippen LogP contribution in [0.4, 0.5) is 5.69 Å². The van der Waals surface area contributed by atoms with Crippen LogP contribution in [0.15, 0.2) is 42.1 Å². The zero-order valence-corrected chi connectivity index (χ0v) is 8.90. The van der Waals surface area contributed by atoms with Gasteiger partial charge in [-0.1, -0.05) is 25.1 Å². The van der Waals surface area contributed by atoms with Crippen molar-refractivity contribution in [2.24, 2.45) is 5.73 Å². The smallest absolute Gasteiger partial charge is 0.0379 e. The van der Waals surface area contributed by atoms with Crippen molar-refractivity contribution in [2.45, 2.75) is 19.4 Å². The van der Waals surface area contributed by atoms with Crippen LogP contribution < -0.4 is 11.1 Å². The standard InChI is InChI=1S/C12H17N3/c1-2-12(14)10(8-13)9-15-11-6-4-3-5-7-11/h3-9,12-13,15H,2,14H2,1H3/b10-9+,13-8?. The van der Waals surface area contributed by atoms with Gasteiger partial charge in [-0.2, -0.15) is 0 Å². The predicted octanol–water partition coefficient (Wildman–Crippen LogP) is 2.37. The van der Waals surface area contributed by atoms with Gasteiger partial charge in [0.05, 0.1) is 0 Å². The van der Waals surface area contributed by atoms with E-state index in [0.717, 1.165) is 17.7 Å². The lowest BCUT2D eigenvalue weighted by atomic mass is 10.1. The Morgan fingerprint density at radius 2 is 2.13 bits per heavy atom. The second kappa shape index (κ2) is 5.98. The third kappa shape index (κ3) is 3.56. The van der Waals surface area contributed by atoms with Crippen LogP contribution in [0.3, 0.4) is 0 Å². The van der Waals surface area contributed by atoms with Gasteiger partial charge in [0.15, 0.2) is 0 Å². The highest BCUT2D eigenvalue weighted by atomic mass is 14.8. The summed E-state index contributed by atoms with van der Waals surface area (Å²) in [5, 5.41) is 10.4. The largest absolute Gasteiger partial charge is 0.361 e. The molecule has 0 aromatic heterocycles. The second-order valence-electron chi connectivity index (χ2n) is 3.31. The van der Waals surface area contributed by atoms with E-state index in [1.807, 2.05) is 37.3 Å². The highest BCUT2D eigenvalue weighted by molar-refractivity contribution is 5.78. The molecule has 0 saturated carbocycles. The second-order valence-corrected chi connectivity index (χ2v) is 3.31. The summed E-state index contributed by atoms with van der Waals surface area (Å²) in [6, 6.07) is 9.74. The molecule has 0 heterocycles. The zero-order chi connectivity index (χ0) is 11.1. The monoisotopic (exact) mass is 203 g/mol. The van der Waals surface area contributed by atoms with Crippen LogP contribution in [0.25, 0.3) is 0 Å². The van der Waals surface area contributed by atoms with Gasteiger partial charge in [0.1, 0.15) is 0 Å². The Hall–Kier alpha value is -1.61. The van der Waals surface area contributed by atoms with E-state index in [9.17, 15) is 0 Å². The van der Waals surface area contributed by atoms with E-state index in [0.29, 0.717) is 0 Å². The van der Waals surface area contributed by atoms with Crippen LogP contribution in [-0.2, 0) is 0 Å². The minimum absolute atomic E-state index is 0.0706. The number of nitrogens with one attached hydrogen (secondary N) is 2. The summed E-state index contributed by atoms with van der Waals surface area (Å²) in [5.41, 5.74) is 7.64. The summed E-state index contributed by atoms with van der Waals surface area (Å²) in [5.74, 6) is 0. The molecule has 0 amide bonds. The summed E-state index contributed by atoms with van der Waals surface area (Å²) in [7, 11) is 0. The average Bonchev–Trinajstić information content (AvgIpc) is 2.31. The molecule has 1 aromatic rings. The summed E-state index contributed by atoms with van der Waals surface area (Å²) in [6.07, 6.45) is 3.91. The van der Waals surface area contributed by atoms with Gasteiger partial charge in [0.25, 0.3) is 0 Å². The van der Waals surface area contributed by atoms with E-state index in [-0.39, 0.29) is 6.04 Å². The van der Waals surface area contributed by atoms with E-state index in [4.69, 9.17) is 11.1 Å². The van der Waals surface area contributed by atoms with Crippen molar-refractivity contribution >= 4 is 11.9 Å². The van der Waals surface area contributed by atoms with Crippen molar-refractivity contribution in [2.75, 3.05) is 5.32 Å². The van der Waals surface area contributed by atoms with Gasteiger partial charge in [0.2, 0.25) is 0 Å². The molecule has 4 N–H and O–H groups in total. The van der Waals surface area contributed by atoms with Crippen LogP contribution in [0.2, 0.25) is 0 Å². The van der Waals surface area contributed by atoms with Crippen molar-refractivity contribution in [3.8, 4) is 0 Å². The van der Waals surface area contributed by atoms with Crippen LogP contribution >= 0.6 is 0 Å². The highest BCUT2D eigenvalue weighted by Crippen LogP contribution is 2.07. The normalized spacial score (nSPS) is 13.3. The van der Waals surface area contributed by atoms with Crippen molar-refractivity contribution in [3.05, 3.63) is 42.1 Å². The first-order chi connectivity index (χ1) is 7.27. The van der Waals surface area contributed by atoms with E-state index in [1.165, 1.54) is 6.21 Å². The molecule has 1 atom stereocenters. The first kappa shape index (κ1) is 11.5. The molecule has 1 unspecified atom stereocenters. The molecule has 3 nitrogen and oxygen atoms in total. The molecule has 0 aliphatic carbocycles. The number of para-hydroxylation sites is 1. The van der Waals surface area contributed by atoms with Gasteiger partial charge in [-0.15, -0.1) is 0 Å². The molecule has 0 aliphatic rings.